The van der Waals surface area contributed by atoms with Crippen molar-refractivity contribution < 1.29 is 19.1 Å². The van der Waals surface area contributed by atoms with Gasteiger partial charge in [0.1, 0.15) is 12.4 Å². The minimum atomic E-state index is -0.422. The molecule has 0 fully saturated rings. The molecule has 128 valence electrons. The Bertz CT molecular complexity index is 524. The van der Waals surface area contributed by atoms with E-state index in [1.165, 1.54) is 0 Å². The highest BCUT2D eigenvalue weighted by atomic mass is 16.5. The molecule has 0 spiro atoms. The molecule has 0 aromatic heterocycles. The molecule has 0 N–H and O–H groups in total. The van der Waals surface area contributed by atoms with Crippen molar-refractivity contribution >= 4 is 11.9 Å². The average molecular weight is 321 g/mol. The third-order valence-corrected chi connectivity index (χ3v) is 3.81. The molecule has 1 aromatic carbocycles. The Morgan fingerprint density at radius 3 is 2.26 bits per heavy atom. The fourth-order valence-electron chi connectivity index (χ4n) is 2.06. The Hall–Kier alpha value is -1.88. The van der Waals surface area contributed by atoms with Crippen LogP contribution in [0.3, 0.4) is 0 Å². The first-order valence-electron chi connectivity index (χ1n) is 8.12. The zero-order valence-electron chi connectivity index (χ0n) is 14.6. The number of carbonyl (C=O) groups is 2. The minimum Gasteiger partial charge on any atom is -0.464 e. The first kappa shape index (κ1) is 19.2. The zero-order chi connectivity index (χ0) is 17.2. The Morgan fingerprint density at radius 1 is 1.00 bits per heavy atom. The number of carbonyl (C=O) groups excluding carboxylic acids is 2. The van der Waals surface area contributed by atoms with Gasteiger partial charge in [-0.3, -0.25) is 9.59 Å². The molecule has 0 radical (unpaired) electrons. The number of ether oxygens (including phenoxy) is 2. The van der Waals surface area contributed by atoms with Gasteiger partial charge in [-0.1, -0.05) is 19.9 Å². The van der Waals surface area contributed by atoms with Crippen molar-refractivity contribution in [2.75, 3.05) is 26.2 Å². The maximum absolute atomic E-state index is 11.7. The van der Waals surface area contributed by atoms with Crippen LogP contribution in [-0.2, 0) is 14.3 Å². The molecule has 0 amide bonds. The van der Waals surface area contributed by atoms with Gasteiger partial charge < -0.3 is 14.4 Å². The summed E-state index contributed by atoms with van der Waals surface area (Å²) in [4.78, 5) is 25.5. The van der Waals surface area contributed by atoms with Crippen molar-refractivity contribution in [2.45, 2.75) is 40.5 Å². The van der Waals surface area contributed by atoms with Crippen LogP contribution in [0.1, 0.15) is 37.8 Å². The quantitative estimate of drug-likeness (QED) is 0.517. The van der Waals surface area contributed by atoms with Crippen molar-refractivity contribution in [1.29, 1.82) is 0 Å². The molecule has 0 saturated heterocycles. The predicted molar refractivity (Wildman–Crippen MR) is 89.5 cm³/mol. The summed E-state index contributed by atoms with van der Waals surface area (Å²) in [5.41, 5.74) is 2.20. The number of esters is 2. The Morgan fingerprint density at radius 2 is 1.65 bits per heavy atom. The van der Waals surface area contributed by atoms with Gasteiger partial charge in [0.25, 0.3) is 0 Å². The molecule has 0 atom stereocenters. The van der Waals surface area contributed by atoms with Crippen LogP contribution in [0.2, 0.25) is 0 Å². The number of benzene rings is 1. The molecule has 0 aliphatic heterocycles. The van der Waals surface area contributed by atoms with E-state index < -0.39 is 5.97 Å². The molecule has 0 aliphatic rings. The molecule has 0 unspecified atom stereocenters. The van der Waals surface area contributed by atoms with Gasteiger partial charge in [0.05, 0.1) is 12.8 Å². The van der Waals surface area contributed by atoms with Crippen LogP contribution in [0, 0.1) is 13.8 Å². The van der Waals surface area contributed by atoms with Gasteiger partial charge in [0.15, 0.2) is 0 Å². The average Bonchev–Trinajstić information content (AvgIpc) is 2.53. The number of aryl methyl sites for hydroxylation is 2. The summed E-state index contributed by atoms with van der Waals surface area (Å²) >= 11 is 0. The van der Waals surface area contributed by atoms with E-state index in [1.54, 1.807) is 6.07 Å². The van der Waals surface area contributed by atoms with Gasteiger partial charge in [0.2, 0.25) is 0 Å². The Balaban J connectivity index is 2.27. The second-order valence-electron chi connectivity index (χ2n) is 5.47. The number of hydrogen-bond acceptors (Lipinski definition) is 5. The van der Waals surface area contributed by atoms with Crippen LogP contribution in [0.4, 0.5) is 0 Å². The molecule has 0 aliphatic carbocycles. The highest BCUT2D eigenvalue weighted by molar-refractivity contribution is 5.79. The molecule has 1 rings (SSSR count). The van der Waals surface area contributed by atoms with Crippen LogP contribution in [0.15, 0.2) is 18.2 Å². The molecule has 5 heteroatoms. The van der Waals surface area contributed by atoms with E-state index in [0.717, 1.165) is 24.2 Å². The van der Waals surface area contributed by atoms with Crippen LogP contribution in [-0.4, -0.2) is 43.1 Å². The van der Waals surface area contributed by atoms with Gasteiger partial charge in [-0.2, -0.15) is 0 Å². The molecular weight excluding hydrogens is 294 g/mol. The maximum atomic E-state index is 11.7. The summed E-state index contributed by atoms with van der Waals surface area (Å²) < 4.78 is 10.3. The molecule has 23 heavy (non-hydrogen) atoms. The number of nitrogens with zero attached hydrogens (tertiary/aromatic N) is 1. The molecule has 0 saturated carbocycles. The number of rotatable bonds is 9. The molecule has 0 heterocycles. The fraction of sp³-hybridized carbons (Fsp3) is 0.556. The van der Waals surface area contributed by atoms with Gasteiger partial charge >= 0.3 is 11.9 Å². The van der Waals surface area contributed by atoms with Crippen molar-refractivity contribution in [1.82, 2.24) is 4.90 Å². The second-order valence-corrected chi connectivity index (χ2v) is 5.47. The lowest BCUT2D eigenvalue weighted by atomic mass is 10.1. The van der Waals surface area contributed by atoms with Crippen LogP contribution in [0.25, 0.3) is 0 Å². The SMILES string of the molecule is CCN(CC)CCOC(=O)CCC(=O)Oc1ccc(C)c(C)c1. The van der Waals surface area contributed by atoms with Crippen LogP contribution in [0.5, 0.6) is 5.75 Å². The normalized spacial score (nSPS) is 10.7. The lowest BCUT2D eigenvalue weighted by molar-refractivity contribution is -0.147. The summed E-state index contributed by atoms with van der Waals surface area (Å²) in [5, 5.41) is 0. The highest BCUT2D eigenvalue weighted by Gasteiger charge is 2.11. The standard InChI is InChI=1S/C18H27NO4/c1-5-19(6-2)11-12-22-17(20)9-10-18(21)23-16-8-7-14(3)15(4)13-16/h7-8,13H,5-6,9-12H2,1-4H3. The fourth-order valence-corrected chi connectivity index (χ4v) is 2.06. The first-order valence-corrected chi connectivity index (χ1v) is 8.12. The molecule has 1 aromatic rings. The van der Waals surface area contributed by atoms with Crippen molar-refractivity contribution in [3.63, 3.8) is 0 Å². The summed E-state index contributed by atoms with van der Waals surface area (Å²) in [7, 11) is 0. The second kappa shape index (κ2) is 10.0. The zero-order valence-corrected chi connectivity index (χ0v) is 14.6. The summed E-state index contributed by atoms with van der Waals surface area (Å²) in [5.74, 6) is -0.281. The van der Waals surface area contributed by atoms with Gasteiger partial charge in [-0.05, 0) is 50.2 Å². The Kier molecular flexibility index (Phi) is 8.33. The van der Waals surface area contributed by atoms with E-state index in [2.05, 4.69) is 18.7 Å². The number of hydrogen-bond donors (Lipinski definition) is 0. The maximum Gasteiger partial charge on any atom is 0.311 e. The molecular formula is C18H27NO4. The monoisotopic (exact) mass is 321 g/mol. The minimum absolute atomic E-state index is 0.0248. The smallest absolute Gasteiger partial charge is 0.311 e. The topological polar surface area (TPSA) is 55.8 Å². The summed E-state index contributed by atoms with van der Waals surface area (Å²) in [6.45, 7) is 11.0. The van der Waals surface area contributed by atoms with Crippen molar-refractivity contribution in [3.8, 4) is 5.75 Å². The third-order valence-electron chi connectivity index (χ3n) is 3.81. The van der Waals surface area contributed by atoms with E-state index in [-0.39, 0.29) is 18.8 Å². The lowest BCUT2D eigenvalue weighted by Gasteiger charge is -2.17. The van der Waals surface area contributed by atoms with E-state index in [0.29, 0.717) is 18.9 Å². The van der Waals surface area contributed by atoms with Gasteiger partial charge in [0, 0.05) is 6.54 Å². The lowest BCUT2D eigenvalue weighted by Crippen LogP contribution is -2.28. The summed E-state index contributed by atoms with van der Waals surface area (Å²) in [6, 6.07) is 5.47. The third kappa shape index (κ3) is 7.28. The van der Waals surface area contributed by atoms with Crippen LogP contribution < -0.4 is 4.74 Å². The van der Waals surface area contributed by atoms with Gasteiger partial charge in [-0.15, -0.1) is 0 Å². The van der Waals surface area contributed by atoms with E-state index in [4.69, 9.17) is 9.47 Å². The van der Waals surface area contributed by atoms with E-state index in [1.807, 2.05) is 26.0 Å². The van der Waals surface area contributed by atoms with Crippen molar-refractivity contribution in [2.24, 2.45) is 0 Å². The first-order chi connectivity index (χ1) is 11.0. The summed E-state index contributed by atoms with van der Waals surface area (Å²) in [6.07, 6.45) is 0.0684. The predicted octanol–water partition coefficient (Wildman–Crippen LogP) is 2.87. The molecule has 5 nitrogen and oxygen atoms in total. The van der Waals surface area contributed by atoms with Gasteiger partial charge in [-0.25, -0.2) is 0 Å². The van der Waals surface area contributed by atoms with E-state index >= 15 is 0 Å². The largest absolute Gasteiger partial charge is 0.464 e. The van der Waals surface area contributed by atoms with E-state index in [9.17, 15) is 9.59 Å². The number of likely N-dealkylation sites (N-methyl/N-ethyl adjacent to an activating group) is 1. The Labute approximate surface area is 138 Å². The highest BCUT2D eigenvalue weighted by Crippen LogP contribution is 2.17. The van der Waals surface area contributed by atoms with Crippen molar-refractivity contribution in [3.05, 3.63) is 29.3 Å². The van der Waals surface area contributed by atoms with Crippen LogP contribution >= 0.6 is 0 Å². The molecule has 0 bridgehead atoms.